The molecule has 0 unspecified atom stereocenters. The van der Waals surface area contributed by atoms with Crippen LogP contribution < -0.4 is 10.2 Å². The quantitative estimate of drug-likeness (QED) is 0.570. The van der Waals surface area contributed by atoms with Crippen molar-refractivity contribution in [1.82, 2.24) is 14.9 Å². The molecule has 1 N–H and O–H groups in total. The average Bonchev–Trinajstić information content (AvgIpc) is 3.27. The highest BCUT2D eigenvalue weighted by atomic mass is 16.5. The molecule has 0 aliphatic carbocycles. The number of esters is 1. The van der Waals surface area contributed by atoms with Gasteiger partial charge in [-0.1, -0.05) is 48.9 Å². The molecule has 1 aliphatic heterocycles. The van der Waals surface area contributed by atoms with Crippen molar-refractivity contribution in [1.29, 1.82) is 0 Å². The second kappa shape index (κ2) is 9.13. The second-order valence-electron chi connectivity index (χ2n) is 8.66. The van der Waals surface area contributed by atoms with E-state index < -0.39 is 17.4 Å². The standard InChI is InChI=1S/C26H28N4O4/c1-5-18-10-12-20(13-11-18)30-23(31)22-21(24(32)34-4)28-16-29(22)15-26(30,3)25(33)27-14-19-8-6-17(2)7-9-19/h6-13,16H,5,14-15H2,1-4H3,(H,27,33)/t26-/m0/s1. The Morgan fingerprint density at radius 2 is 1.74 bits per heavy atom. The number of anilines is 1. The number of benzene rings is 2. The fourth-order valence-electron chi connectivity index (χ4n) is 4.24. The zero-order chi connectivity index (χ0) is 24.5. The summed E-state index contributed by atoms with van der Waals surface area (Å²) in [6, 6.07) is 15.4. The first kappa shape index (κ1) is 23.2. The van der Waals surface area contributed by atoms with Crippen LogP contribution in [0, 0.1) is 6.92 Å². The van der Waals surface area contributed by atoms with Gasteiger partial charge in [0, 0.05) is 12.2 Å². The zero-order valence-electron chi connectivity index (χ0n) is 19.8. The molecule has 1 aliphatic rings. The van der Waals surface area contributed by atoms with E-state index in [-0.39, 0.29) is 23.8 Å². The summed E-state index contributed by atoms with van der Waals surface area (Å²) in [7, 11) is 1.24. The second-order valence-corrected chi connectivity index (χ2v) is 8.66. The predicted octanol–water partition coefficient (Wildman–Crippen LogP) is 3.28. The van der Waals surface area contributed by atoms with Crippen LogP contribution in [0.2, 0.25) is 0 Å². The van der Waals surface area contributed by atoms with Crippen LogP contribution in [0.15, 0.2) is 54.9 Å². The van der Waals surface area contributed by atoms with Crippen LogP contribution in [0.3, 0.4) is 0 Å². The SMILES string of the molecule is CCc1ccc(N2C(=O)c3c(C(=O)OC)ncn3C[C@@]2(C)C(=O)NCc2ccc(C)cc2)cc1. The molecular formula is C26H28N4O4. The van der Waals surface area contributed by atoms with Gasteiger partial charge in [0.05, 0.1) is 20.0 Å². The predicted molar refractivity (Wildman–Crippen MR) is 128 cm³/mol. The van der Waals surface area contributed by atoms with E-state index in [0.29, 0.717) is 12.2 Å². The molecule has 8 heteroatoms. The van der Waals surface area contributed by atoms with Gasteiger partial charge < -0.3 is 14.6 Å². The molecule has 34 heavy (non-hydrogen) atoms. The summed E-state index contributed by atoms with van der Waals surface area (Å²) in [5, 5.41) is 2.98. The molecule has 2 aromatic carbocycles. The third-order valence-electron chi connectivity index (χ3n) is 6.26. The molecule has 1 atom stereocenters. The van der Waals surface area contributed by atoms with E-state index in [4.69, 9.17) is 4.74 Å². The van der Waals surface area contributed by atoms with Crippen molar-refractivity contribution in [3.05, 3.63) is 82.9 Å². The minimum atomic E-state index is -1.25. The molecule has 176 valence electrons. The van der Waals surface area contributed by atoms with Crippen LogP contribution in [0.1, 0.15) is 51.5 Å². The number of imidazole rings is 1. The first-order valence-corrected chi connectivity index (χ1v) is 11.2. The van der Waals surface area contributed by atoms with Crippen LogP contribution in [0.4, 0.5) is 5.69 Å². The van der Waals surface area contributed by atoms with Crippen molar-refractivity contribution in [3.63, 3.8) is 0 Å². The molecule has 8 nitrogen and oxygen atoms in total. The number of amides is 2. The van der Waals surface area contributed by atoms with Gasteiger partial charge in [0.25, 0.3) is 5.91 Å². The van der Waals surface area contributed by atoms with Crippen LogP contribution in [-0.4, -0.2) is 40.0 Å². The number of fused-ring (bicyclic) bond motifs is 1. The van der Waals surface area contributed by atoms with Crippen molar-refractivity contribution in [3.8, 4) is 0 Å². The highest BCUT2D eigenvalue weighted by molar-refractivity contribution is 6.15. The topological polar surface area (TPSA) is 93.5 Å². The summed E-state index contributed by atoms with van der Waals surface area (Å²) < 4.78 is 6.36. The Balaban J connectivity index is 1.73. The van der Waals surface area contributed by atoms with Gasteiger partial charge in [0.1, 0.15) is 11.2 Å². The van der Waals surface area contributed by atoms with Gasteiger partial charge in [-0.25, -0.2) is 9.78 Å². The third kappa shape index (κ3) is 4.07. The molecule has 4 rings (SSSR count). The van der Waals surface area contributed by atoms with Gasteiger partial charge >= 0.3 is 5.97 Å². The Bertz CT molecular complexity index is 1230. The van der Waals surface area contributed by atoms with Crippen molar-refractivity contribution in [2.24, 2.45) is 0 Å². The fraction of sp³-hybridized carbons (Fsp3) is 0.308. The van der Waals surface area contributed by atoms with Crippen molar-refractivity contribution < 1.29 is 19.1 Å². The number of nitrogens with one attached hydrogen (secondary N) is 1. The van der Waals surface area contributed by atoms with Crippen LogP contribution >= 0.6 is 0 Å². The lowest BCUT2D eigenvalue weighted by Gasteiger charge is -2.43. The van der Waals surface area contributed by atoms with E-state index in [9.17, 15) is 14.4 Å². The van der Waals surface area contributed by atoms with Crippen molar-refractivity contribution in [2.45, 2.75) is 45.8 Å². The third-order valence-corrected chi connectivity index (χ3v) is 6.26. The highest BCUT2D eigenvalue weighted by Crippen LogP contribution is 2.34. The number of methoxy groups -OCH3 is 1. The first-order valence-electron chi connectivity index (χ1n) is 11.2. The smallest absolute Gasteiger partial charge is 0.359 e. The van der Waals surface area contributed by atoms with E-state index in [1.165, 1.54) is 18.3 Å². The van der Waals surface area contributed by atoms with Gasteiger partial charge in [-0.3, -0.25) is 14.5 Å². The molecule has 0 saturated heterocycles. The van der Waals surface area contributed by atoms with Crippen molar-refractivity contribution in [2.75, 3.05) is 12.0 Å². The minimum absolute atomic E-state index is 0.0650. The Morgan fingerprint density at radius 1 is 1.09 bits per heavy atom. The first-order chi connectivity index (χ1) is 16.3. The molecule has 0 fully saturated rings. The van der Waals surface area contributed by atoms with Crippen LogP contribution in [-0.2, 0) is 29.0 Å². The lowest BCUT2D eigenvalue weighted by atomic mass is 9.93. The lowest BCUT2D eigenvalue weighted by molar-refractivity contribution is -0.126. The Labute approximate surface area is 198 Å². The van der Waals surface area contributed by atoms with Crippen molar-refractivity contribution >= 4 is 23.5 Å². The number of carbonyl (C=O) groups excluding carboxylic acids is 3. The largest absolute Gasteiger partial charge is 0.464 e. The maximum absolute atomic E-state index is 13.8. The highest BCUT2D eigenvalue weighted by Gasteiger charge is 2.49. The van der Waals surface area contributed by atoms with Gasteiger partial charge in [-0.05, 0) is 43.5 Å². The monoisotopic (exact) mass is 460 g/mol. The molecule has 2 heterocycles. The van der Waals surface area contributed by atoms with Gasteiger partial charge in [0.15, 0.2) is 5.69 Å². The Hall–Kier alpha value is -3.94. The summed E-state index contributed by atoms with van der Waals surface area (Å²) in [6.45, 7) is 6.24. The molecule has 0 bridgehead atoms. The lowest BCUT2D eigenvalue weighted by Crippen LogP contribution is -2.64. The molecule has 1 aromatic heterocycles. The molecule has 2 amide bonds. The number of hydrogen-bond donors (Lipinski definition) is 1. The van der Waals surface area contributed by atoms with E-state index in [1.54, 1.807) is 11.5 Å². The number of aryl methyl sites for hydroxylation is 2. The Kier molecular flexibility index (Phi) is 6.24. The molecule has 3 aromatic rings. The molecule has 0 saturated carbocycles. The van der Waals surface area contributed by atoms with Gasteiger partial charge in [0.2, 0.25) is 5.91 Å². The number of carbonyl (C=O) groups is 3. The summed E-state index contributed by atoms with van der Waals surface area (Å²) in [6.07, 6.45) is 2.25. The number of hydrogen-bond acceptors (Lipinski definition) is 5. The number of aromatic nitrogens is 2. The summed E-state index contributed by atoms with van der Waals surface area (Å²) >= 11 is 0. The normalized spacial score (nSPS) is 17.3. The molecule has 0 spiro atoms. The van der Waals surface area contributed by atoms with E-state index >= 15 is 0 Å². The fourth-order valence-corrected chi connectivity index (χ4v) is 4.24. The molecular weight excluding hydrogens is 432 g/mol. The number of rotatable bonds is 6. The maximum atomic E-state index is 13.8. The number of ether oxygens (including phenoxy) is 1. The van der Waals surface area contributed by atoms with E-state index in [2.05, 4.69) is 10.3 Å². The maximum Gasteiger partial charge on any atom is 0.359 e. The van der Waals surface area contributed by atoms with Gasteiger partial charge in [-0.2, -0.15) is 0 Å². The summed E-state index contributed by atoms with van der Waals surface area (Å²) in [5.74, 6) is -1.49. The van der Waals surface area contributed by atoms with Crippen LogP contribution in [0.25, 0.3) is 0 Å². The van der Waals surface area contributed by atoms with E-state index in [0.717, 1.165) is 23.1 Å². The molecule has 0 radical (unpaired) electrons. The average molecular weight is 461 g/mol. The zero-order valence-corrected chi connectivity index (χ0v) is 19.8. The summed E-state index contributed by atoms with van der Waals surface area (Å²) in [5.41, 5.74) is 2.56. The summed E-state index contributed by atoms with van der Waals surface area (Å²) in [4.78, 5) is 45.2. The Morgan fingerprint density at radius 3 is 2.35 bits per heavy atom. The minimum Gasteiger partial charge on any atom is -0.464 e. The van der Waals surface area contributed by atoms with E-state index in [1.807, 2.05) is 62.4 Å². The van der Waals surface area contributed by atoms with Crippen LogP contribution in [0.5, 0.6) is 0 Å². The van der Waals surface area contributed by atoms with Gasteiger partial charge in [-0.15, -0.1) is 0 Å². The number of nitrogens with zero attached hydrogens (tertiary/aromatic N) is 3.